The first kappa shape index (κ1) is 20.7. The number of rotatable bonds is 6. The van der Waals surface area contributed by atoms with Crippen LogP contribution >= 0.6 is 11.3 Å². The largest absolute Gasteiger partial charge is 0.465 e. The van der Waals surface area contributed by atoms with Gasteiger partial charge in [0.2, 0.25) is 0 Å². The number of nitrogen functional groups attached to an aromatic ring is 1. The molecule has 2 N–H and O–H groups in total. The number of fused-ring (bicyclic) bond motifs is 1. The molecule has 2 heterocycles. The Balaban J connectivity index is 1.56. The number of ketones is 1. The number of nitrogens with two attached hydrogens (primary N) is 1. The van der Waals surface area contributed by atoms with Gasteiger partial charge in [0.1, 0.15) is 17.4 Å². The Morgan fingerprint density at radius 1 is 1.10 bits per heavy atom. The van der Waals surface area contributed by atoms with Crippen molar-refractivity contribution in [2.24, 2.45) is 0 Å². The van der Waals surface area contributed by atoms with Crippen molar-refractivity contribution in [2.45, 2.75) is 12.8 Å². The van der Waals surface area contributed by atoms with Crippen molar-refractivity contribution in [2.75, 3.05) is 12.8 Å². The molecule has 0 atom stereocenters. The number of esters is 1. The molecule has 7 heteroatoms. The summed E-state index contributed by atoms with van der Waals surface area (Å²) in [6, 6.07) is 13.7. The summed E-state index contributed by atoms with van der Waals surface area (Å²) < 4.78 is 18.9. The average molecular weight is 434 g/mol. The van der Waals surface area contributed by atoms with E-state index >= 15 is 0 Å². The molecule has 4 aromatic rings. The van der Waals surface area contributed by atoms with Crippen molar-refractivity contribution < 1.29 is 18.7 Å². The van der Waals surface area contributed by atoms with Gasteiger partial charge in [0.15, 0.2) is 0 Å². The van der Waals surface area contributed by atoms with E-state index in [1.54, 1.807) is 12.1 Å². The summed E-state index contributed by atoms with van der Waals surface area (Å²) in [5, 5.41) is 2.64. The van der Waals surface area contributed by atoms with Crippen molar-refractivity contribution in [3.8, 4) is 11.1 Å². The Morgan fingerprint density at radius 2 is 1.84 bits per heavy atom. The Bertz CT molecular complexity index is 1280. The molecule has 0 fully saturated rings. The maximum Gasteiger partial charge on any atom is 0.340 e. The van der Waals surface area contributed by atoms with Crippen LogP contribution in [0.1, 0.15) is 21.5 Å². The number of ether oxygens (including phenoxy) is 1. The lowest BCUT2D eigenvalue weighted by atomic mass is 9.99. The number of anilines is 1. The number of carbonyl (C=O) groups excluding carboxylic acids is 2. The number of methoxy groups -OCH3 is 1. The lowest BCUT2D eigenvalue weighted by molar-refractivity contribution is -0.117. The van der Waals surface area contributed by atoms with Gasteiger partial charge in [-0.1, -0.05) is 36.4 Å². The van der Waals surface area contributed by atoms with Crippen molar-refractivity contribution in [1.82, 2.24) is 4.98 Å². The molecule has 31 heavy (non-hydrogen) atoms. The third-order valence-corrected chi connectivity index (χ3v) is 6.00. The highest BCUT2D eigenvalue weighted by atomic mass is 32.1. The molecular formula is C24H19FN2O3S. The zero-order valence-electron chi connectivity index (χ0n) is 16.7. The number of hydrogen-bond acceptors (Lipinski definition) is 6. The summed E-state index contributed by atoms with van der Waals surface area (Å²) in [7, 11) is 1.33. The Morgan fingerprint density at radius 3 is 2.55 bits per heavy atom. The van der Waals surface area contributed by atoms with Crippen LogP contribution in [0.25, 0.3) is 21.2 Å². The second-order valence-electron chi connectivity index (χ2n) is 7.12. The zero-order chi connectivity index (χ0) is 22.0. The molecule has 2 aromatic carbocycles. The van der Waals surface area contributed by atoms with E-state index < -0.39 is 5.97 Å². The van der Waals surface area contributed by atoms with Crippen LogP contribution in [0, 0.1) is 5.82 Å². The number of nitrogens with zero attached hydrogens (tertiary/aromatic N) is 1. The first-order valence-corrected chi connectivity index (χ1v) is 10.4. The fourth-order valence-corrected chi connectivity index (χ4v) is 4.59. The van der Waals surface area contributed by atoms with Crippen LogP contribution in [0.3, 0.4) is 0 Å². The molecule has 0 aliphatic heterocycles. The summed E-state index contributed by atoms with van der Waals surface area (Å²) in [5.74, 6) is -0.455. The quantitative estimate of drug-likeness (QED) is 0.440. The number of benzene rings is 2. The highest BCUT2D eigenvalue weighted by molar-refractivity contribution is 7.18. The van der Waals surface area contributed by atoms with E-state index in [-0.39, 0.29) is 24.4 Å². The van der Waals surface area contributed by atoms with Gasteiger partial charge in [0.05, 0.1) is 17.4 Å². The van der Waals surface area contributed by atoms with E-state index in [1.807, 2.05) is 29.6 Å². The van der Waals surface area contributed by atoms with E-state index in [0.717, 1.165) is 21.4 Å². The molecule has 2 aromatic heterocycles. The van der Waals surface area contributed by atoms with E-state index in [4.69, 9.17) is 10.5 Å². The molecule has 0 aliphatic rings. The van der Waals surface area contributed by atoms with Crippen LogP contribution in [0.5, 0.6) is 0 Å². The smallest absolute Gasteiger partial charge is 0.340 e. The van der Waals surface area contributed by atoms with Gasteiger partial charge >= 0.3 is 5.97 Å². The Hall–Kier alpha value is -3.58. The summed E-state index contributed by atoms with van der Waals surface area (Å²) in [6.07, 6.45) is 1.88. The Labute approximate surface area is 182 Å². The molecule has 156 valence electrons. The molecule has 0 saturated heterocycles. The minimum Gasteiger partial charge on any atom is -0.465 e. The molecule has 0 radical (unpaired) electrons. The van der Waals surface area contributed by atoms with Gasteiger partial charge < -0.3 is 10.5 Å². The maximum atomic E-state index is 13.3. The number of aromatic nitrogens is 1. The lowest BCUT2D eigenvalue weighted by Gasteiger charge is -2.07. The molecule has 0 aliphatic carbocycles. The second-order valence-corrected chi connectivity index (χ2v) is 8.00. The number of Topliss-reactive ketones (excluding diaryl/α,β-unsaturated/α-hetero) is 1. The second kappa shape index (κ2) is 8.65. The van der Waals surface area contributed by atoms with Crippen LogP contribution < -0.4 is 5.73 Å². The van der Waals surface area contributed by atoms with Crippen LogP contribution in [0.15, 0.2) is 60.1 Å². The molecule has 0 spiro atoms. The number of hydrogen-bond donors (Lipinski definition) is 1. The fraction of sp³-hybridized carbons (Fsp3) is 0.125. The van der Waals surface area contributed by atoms with Crippen molar-refractivity contribution in [3.63, 3.8) is 0 Å². The highest BCUT2D eigenvalue weighted by Gasteiger charge is 2.18. The summed E-state index contributed by atoms with van der Waals surface area (Å²) >= 11 is 1.40. The van der Waals surface area contributed by atoms with Gasteiger partial charge in [-0.3, -0.25) is 4.79 Å². The first-order valence-electron chi connectivity index (χ1n) is 9.55. The number of halogens is 1. The molecule has 0 saturated carbocycles. The highest BCUT2D eigenvalue weighted by Crippen LogP contribution is 2.38. The normalized spacial score (nSPS) is 10.9. The van der Waals surface area contributed by atoms with Gasteiger partial charge in [0.25, 0.3) is 0 Å². The van der Waals surface area contributed by atoms with Crippen LogP contribution in [-0.4, -0.2) is 23.8 Å². The zero-order valence-corrected chi connectivity index (χ0v) is 17.5. The van der Waals surface area contributed by atoms with E-state index in [0.29, 0.717) is 22.3 Å². The SMILES string of the molecule is COC(=O)c1cnc(N)c2c(-c3ccc(CC(=O)Cc4cccc(F)c4)cc3)csc12. The molecule has 0 amide bonds. The topological polar surface area (TPSA) is 82.3 Å². The molecule has 5 nitrogen and oxygen atoms in total. The molecule has 4 rings (SSSR count). The van der Waals surface area contributed by atoms with Crippen LogP contribution in [0.4, 0.5) is 10.2 Å². The minimum atomic E-state index is -0.460. The van der Waals surface area contributed by atoms with Crippen molar-refractivity contribution in [3.05, 3.63) is 82.6 Å². The summed E-state index contributed by atoms with van der Waals surface area (Å²) in [4.78, 5) is 28.5. The molecule has 0 unspecified atom stereocenters. The summed E-state index contributed by atoms with van der Waals surface area (Å²) in [5.41, 5.74) is 9.78. The molecular weight excluding hydrogens is 415 g/mol. The number of carbonyl (C=O) groups is 2. The van der Waals surface area contributed by atoms with E-state index in [1.165, 1.54) is 36.8 Å². The number of pyridine rings is 1. The number of thiophene rings is 1. The third kappa shape index (κ3) is 4.32. The molecule has 0 bridgehead atoms. The van der Waals surface area contributed by atoms with Gasteiger partial charge in [0, 0.05) is 30.0 Å². The van der Waals surface area contributed by atoms with Gasteiger partial charge in [-0.2, -0.15) is 0 Å². The minimum absolute atomic E-state index is 0.00972. The van der Waals surface area contributed by atoms with Crippen molar-refractivity contribution in [1.29, 1.82) is 0 Å². The van der Waals surface area contributed by atoms with Crippen LogP contribution in [0.2, 0.25) is 0 Å². The fourth-order valence-electron chi connectivity index (χ4n) is 3.50. The van der Waals surface area contributed by atoms with Gasteiger partial charge in [-0.15, -0.1) is 11.3 Å². The summed E-state index contributed by atoms with van der Waals surface area (Å²) in [6.45, 7) is 0. The standard InChI is InChI=1S/C24H19FN2O3S/c1-30-24(29)19-12-27-23(26)21-20(13-31-22(19)21)16-7-5-14(6-8-16)10-18(28)11-15-3-2-4-17(25)9-15/h2-9,12-13H,10-11H2,1H3,(H2,26,27). The lowest BCUT2D eigenvalue weighted by Crippen LogP contribution is -2.06. The van der Waals surface area contributed by atoms with Gasteiger partial charge in [-0.25, -0.2) is 14.2 Å². The van der Waals surface area contributed by atoms with E-state index in [9.17, 15) is 14.0 Å². The average Bonchev–Trinajstić information content (AvgIpc) is 3.20. The third-order valence-electron chi connectivity index (χ3n) is 4.99. The van der Waals surface area contributed by atoms with Crippen molar-refractivity contribution >= 4 is 39.0 Å². The predicted octanol–water partition coefficient (Wildman–Crippen LogP) is 4.83. The predicted molar refractivity (Wildman–Crippen MR) is 120 cm³/mol. The monoisotopic (exact) mass is 434 g/mol. The Kier molecular flexibility index (Phi) is 5.77. The first-order chi connectivity index (χ1) is 15.0. The maximum absolute atomic E-state index is 13.3. The van der Waals surface area contributed by atoms with Crippen LogP contribution in [-0.2, 0) is 22.4 Å². The van der Waals surface area contributed by atoms with E-state index in [2.05, 4.69) is 4.98 Å². The van der Waals surface area contributed by atoms with Gasteiger partial charge in [-0.05, 0) is 34.2 Å².